The SMILES string of the molecule is Cc1cc(CCCC2(Cc3ccc4ccccc4c3)CNC(=O)N2C)ccc1OC(C)(C)C(=O)O. The monoisotopic (exact) mass is 474 g/mol. The summed E-state index contributed by atoms with van der Waals surface area (Å²) in [5.74, 6) is -0.416. The Balaban J connectivity index is 1.46. The first-order valence-corrected chi connectivity index (χ1v) is 12.1. The van der Waals surface area contributed by atoms with Crippen LogP contribution >= 0.6 is 0 Å². The number of nitrogens with one attached hydrogen (secondary N) is 1. The van der Waals surface area contributed by atoms with Crippen LogP contribution in [-0.4, -0.2) is 46.7 Å². The van der Waals surface area contributed by atoms with Gasteiger partial charge in [0.2, 0.25) is 0 Å². The third kappa shape index (κ3) is 5.26. The molecule has 4 rings (SSSR count). The predicted molar refractivity (Wildman–Crippen MR) is 138 cm³/mol. The molecule has 3 aromatic rings. The van der Waals surface area contributed by atoms with Gasteiger partial charge in [0.15, 0.2) is 5.60 Å². The number of aryl methyl sites for hydroxylation is 2. The molecule has 1 aliphatic heterocycles. The molecule has 2 N–H and O–H groups in total. The summed E-state index contributed by atoms with van der Waals surface area (Å²) in [7, 11) is 1.89. The number of aliphatic carboxylic acids is 1. The average Bonchev–Trinajstić information content (AvgIpc) is 3.09. The highest BCUT2D eigenvalue weighted by molar-refractivity contribution is 5.83. The molecule has 1 fully saturated rings. The van der Waals surface area contributed by atoms with Crippen molar-refractivity contribution in [2.75, 3.05) is 13.6 Å². The minimum Gasteiger partial charge on any atom is -0.478 e. The summed E-state index contributed by atoms with van der Waals surface area (Å²) in [6.45, 7) is 5.66. The molecule has 3 aromatic carbocycles. The number of ether oxygens (including phenoxy) is 1. The zero-order valence-electron chi connectivity index (χ0n) is 20.9. The molecule has 0 aromatic heterocycles. The Bertz CT molecular complexity index is 1250. The van der Waals surface area contributed by atoms with Crippen LogP contribution in [0, 0.1) is 6.92 Å². The lowest BCUT2D eigenvalue weighted by atomic mass is 9.84. The minimum absolute atomic E-state index is 0.0239. The molecule has 1 aliphatic rings. The number of rotatable bonds is 9. The molecule has 6 heteroatoms. The Kier molecular flexibility index (Phi) is 6.75. The molecule has 1 unspecified atom stereocenters. The van der Waals surface area contributed by atoms with E-state index in [1.807, 2.05) is 37.1 Å². The van der Waals surface area contributed by atoms with Crippen molar-refractivity contribution >= 4 is 22.8 Å². The minimum atomic E-state index is -1.28. The maximum atomic E-state index is 12.4. The fourth-order valence-corrected chi connectivity index (χ4v) is 4.87. The van der Waals surface area contributed by atoms with E-state index in [0.29, 0.717) is 12.3 Å². The van der Waals surface area contributed by atoms with Crippen molar-refractivity contribution < 1.29 is 19.4 Å². The molecule has 0 spiro atoms. The molecule has 1 atom stereocenters. The number of nitrogens with zero attached hydrogens (tertiary/aromatic N) is 1. The normalized spacial score (nSPS) is 18.1. The summed E-state index contributed by atoms with van der Waals surface area (Å²) in [4.78, 5) is 25.7. The van der Waals surface area contributed by atoms with Crippen LogP contribution in [0.2, 0.25) is 0 Å². The van der Waals surface area contributed by atoms with E-state index in [1.165, 1.54) is 21.9 Å². The Labute approximate surface area is 206 Å². The third-order valence-electron chi connectivity index (χ3n) is 7.16. The number of benzene rings is 3. The van der Waals surface area contributed by atoms with Gasteiger partial charge in [0.1, 0.15) is 5.75 Å². The molecule has 0 saturated carbocycles. The van der Waals surface area contributed by atoms with Gasteiger partial charge in [-0.25, -0.2) is 9.59 Å². The maximum Gasteiger partial charge on any atom is 0.347 e. The van der Waals surface area contributed by atoms with E-state index in [1.54, 1.807) is 13.8 Å². The van der Waals surface area contributed by atoms with E-state index in [9.17, 15) is 14.7 Å². The first-order valence-electron chi connectivity index (χ1n) is 12.1. The number of amides is 2. The molecular formula is C29H34N2O4. The van der Waals surface area contributed by atoms with Crippen molar-refractivity contribution in [3.8, 4) is 5.75 Å². The van der Waals surface area contributed by atoms with E-state index in [4.69, 9.17) is 4.74 Å². The molecular weight excluding hydrogens is 440 g/mol. The van der Waals surface area contributed by atoms with Crippen LogP contribution in [0.3, 0.4) is 0 Å². The average molecular weight is 475 g/mol. The van der Waals surface area contributed by atoms with Gasteiger partial charge in [-0.15, -0.1) is 0 Å². The van der Waals surface area contributed by atoms with E-state index in [-0.39, 0.29) is 11.6 Å². The zero-order chi connectivity index (χ0) is 25.2. The number of urea groups is 1. The van der Waals surface area contributed by atoms with Gasteiger partial charge in [-0.05, 0) is 80.0 Å². The smallest absolute Gasteiger partial charge is 0.347 e. The van der Waals surface area contributed by atoms with Crippen molar-refractivity contribution in [2.45, 2.75) is 57.6 Å². The van der Waals surface area contributed by atoms with Crippen LogP contribution in [0.1, 0.15) is 43.4 Å². The molecule has 0 aliphatic carbocycles. The lowest BCUT2D eigenvalue weighted by Gasteiger charge is -2.35. The third-order valence-corrected chi connectivity index (χ3v) is 7.16. The molecule has 1 saturated heterocycles. The number of hydrogen-bond donors (Lipinski definition) is 2. The van der Waals surface area contributed by atoms with Crippen molar-refractivity contribution in [3.63, 3.8) is 0 Å². The number of carboxylic acids is 1. The molecule has 35 heavy (non-hydrogen) atoms. The molecule has 0 bridgehead atoms. The topological polar surface area (TPSA) is 78.9 Å². The summed E-state index contributed by atoms with van der Waals surface area (Å²) in [5.41, 5.74) is 1.75. The van der Waals surface area contributed by atoms with E-state index in [2.05, 4.69) is 47.8 Å². The first kappa shape index (κ1) is 24.6. The summed E-state index contributed by atoms with van der Waals surface area (Å²) >= 11 is 0. The van der Waals surface area contributed by atoms with Gasteiger partial charge >= 0.3 is 12.0 Å². The lowest BCUT2D eigenvalue weighted by Crippen LogP contribution is -2.46. The Morgan fingerprint density at radius 2 is 1.80 bits per heavy atom. The van der Waals surface area contributed by atoms with E-state index in [0.717, 1.165) is 31.2 Å². The fourth-order valence-electron chi connectivity index (χ4n) is 4.87. The summed E-state index contributed by atoms with van der Waals surface area (Å²) in [5, 5.41) is 14.8. The second-order valence-electron chi connectivity index (χ2n) is 10.2. The Morgan fingerprint density at radius 3 is 2.46 bits per heavy atom. The highest BCUT2D eigenvalue weighted by atomic mass is 16.5. The van der Waals surface area contributed by atoms with Gasteiger partial charge < -0.3 is 20.1 Å². The van der Waals surface area contributed by atoms with Crippen LogP contribution in [0.25, 0.3) is 10.8 Å². The molecule has 6 nitrogen and oxygen atoms in total. The van der Waals surface area contributed by atoms with Crippen LogP contribution in [0.4, 0.5) is 4.79 Å². The number of carboxylic acid groups (broad SMARTS) is 1. The second kappa shape index (κ2) is 9.61. The quantitative estimate of drug-likeness (QED) is 0.438. The van der Waals surface area contributed by atoms with Crippen molar-refractivity contribution in [3.05, 3.63) is 77.4 Å². The highest BCUT2D eigenvalue weighted by Crippen LogP contribution is 2.31. The van der Waals surface area contributed by atoms with Crippen LogP contribution in [-0.2, 0) is 17.6 Å². The molecule has 2 amide bonds. The van der Waals surface area contributed by atoms with Crippen LogP contribution in [0.15, 0.2) is 60.7 Å². The van der Waals surface area contributed by atoms with Gasteiger partial charge in [0, 0.05) is 13.6 Å². The largest absolute Gasteiger partial charge is 0.478 e. The maximum absolute atomic E-state index is 12.4. The zero-order valence-corrected chi connectivity index (χ0v) is 20.9. The predicted octanol–water partition coefficient (Wildman–Crippen LogP) is 5.35. The highest BCUT2D eigenvalue weighted by Gasteiger charge is 2.42. The van der Waals surface area contributed by atoms with Crippen molar-refractivity contribution in [2.24, 2.45) is 0 Å². The standard InChI is InChI=1S/C29H34N2O4/c1-20-16-21(12-14-25(20)35-28(2,3)26(32)33)8-7-15-29(19-30-27(34)31(29)4)18-22-11-13-23-9-5-6-10-24(23)17-22/h5-6,9-14,16-17H,7-8,15,18-19H2,1-4H3,(H,30,34)(H,32,33). The van der Waals surface area contributed by atoms with Crippen LogP contribution in [0.5, 0.6) is 5.75 Å². The van der Waals surface area contributed by atoms with Gasteiger partial charge in [0.25, 0.3) is 0 Å². The van der Waals surface area contributed by atoms with Crippen molar-refractivity contribution in [1.82, 2.24) is 10.2 Å². The molecule has 0 radical (unpaired) electrons. The number of carbonyl (C=O) groups excluding carboxylic acids is 1. The Hall–Kier alpha value is -3.54. The molecule has 184 valence electrons. The second-order valence-corrected chi connectivity index (χ2v) is 10.2. The van der Waals surface area contributed by atoms with Gasteiger partial charge in [-0.1, -0.05) is 54.6 Å². The van der Waals surface area contributed by atoms with Gasteiger partial charge in [0.05, 0.1) is 5.54 Å². The number of likely N-dealkylation sites (N-methyl/N-ethyl adjacent to an activating group) is 1. The summed E-state index contributed by atoms with van der Waals surface area (Å²) < 4.78 is 5.72. The molecule has 1 heterocycles. The van der Waals surface area contributed by atoms with E-state index >= 15 is 0 Å². The lowest BCUT2D eigenvalue weighted by molar-refractivity contribution is -0.152. The van der Waals surface area contributed by atoms with E-state index < -0.39 is 11.6 Å². The number of hydrogen-bond acceptors (Lipinski definition) is 3. The fraction of sp³-hybridized carbons (Fsp3) is 0.379. The number of carbonyl (C=O) groups is 2. The Morgan fingerprint density at radius 1 is 1.09 bits per heavy atom. The van der Waals surface area contributed by atoms with Gasteiger partial charge in [-0.2, -0.15) is 0 Å². The van der Waals surface area contributed by atoms with Gasteiger partial charge in [-0.3, -0.25) is 0 Å². The van der Waals surface area contributed by atoms with Crippen LogP contribution < -0.4 is 10.1 Å². The number of fused-ring (bicyclic) bond motifs is 1. The summed E-state index contributed by atoms with van der Waals surface area (Å²) in [6.07, 6.45) is 3.46. The first-order chi connectivity index (χ1) is 16.6. The van der Waals surface area contributed by atoms with Crippen molar-refractivity contribution in [1.29, 1.82) is 0 Å². The summed E-state index contributed by atoms with van der Waals surface area (Å²) in [6, 6.07) is 20.8.